The third-order valence-electron chi connectivity index (χ3n) is 3.12. The molecule has 0 unspecified atom stereocenters. The van der Waals surface area contributed by atoms with Gasteiger partial charge in [-0.3, -0.25) is 4.79 Å². The largest absolute Gasteiger partial charge is 0.357 e. The van der Waals surface area contributed by atoms with Crippen molar-refractivity contribution >= 4 is 23.2 Å². The summed E-state index contributed by atoms with van der Waals surface area (Å²) >= 11 is 1.64. The van der Waals surface area contributed by atoms with E-state index in [4.69, 9.17) is 0 Å². The molecule has 3 N–H and O–H groups in total. The number of guanidine groups is 1. The van der Waals surface area contributed by atoms with Crippen LogP contribution in [0.4, 0.5) is 0 Å². The van der Waals surface area contributed by atoms with Gasteiger partial charge in [-0.1, -0.05) is 27.7 Å². The fourth-order valence-corrected chi connectivity index (χ4v) is 2.60. The Kier molecular flexibility index (Phi) is 8.61. The molecule has 0 aliphatic heterocycles. The van der Waals surface area contributed by atoms with Crippen molar-refractivity contribution in [1.82, 2.24) is 20.9 Å². The number of hydrogen-bond donors (Lipinski definition) is 3. The summed E-state index contributed by atoms with van der Waals surface area (Å²) in [5.41, 5.74) is 1.12. The minimum atomic E-state index is 0.0111. The quantitative estimate of drug-likeness (QED) is 0.385. The zero-order valence-electron chi connectivity index (χ0n) is 14.8. The van der Waals surface area contributed by atoms with E-state index in [1.54, 1.807) is 11.3 Å². The molecule has 1 amide bonds. The zero-order valence-corrected chi connectivity index (χ0v) is 15.6. The molecular formula is C16H29N5OS. The second-order valence-corrected chi connectivity index (χ2v) is 6.83. The summed E-state index contributed by atoms with van der Waals surface area (Å²) in [6.07, 6.45) is 0. The van der Waals surface area contributed by atoms with E-state index in [1.807, 2.05) is 20.8 Å². The zero-order chi connectivity index (χ0) is 17.2. The van der Waals surface area contributed by atoms with Crippen molar-refractivity contribution in [1.29, 1.82) is 0 Å². The van der Waals surface area contributed by atoms with Gasteiger partial charge in [-0.25, -0.2) is 9.98 Å². The van der Waals surface area contributed by atoms with Crippen molar-refractivity contribution in [2.24, 2.45) is 10.9 Å². The average Bonchev–Trinajstić information content (AvgIpc) is 2.97. The summed E-state index contributed by atoms with van der Waals surface area (Å²) in [6.45, 7) is 12.6. The smallest absolute Gasteiger partial charge is 0.222 e. The van der Waals surface area contributed by atoms with E-state index < -0.39 is 0 Å². The topological polar surface area (TPSA) is 78.4 Å². The van der Waals surface area contributed by atoms with Gasteiger partial charge in [0.2, 0.25) is 5.91 Å². The number of nitrogens with one attached hydrogen (secondary N) is 3. The second kappa shape index (κ2) is 10.2. The number of nitrogens with zero attached hydrogens (tertiary/aromatic N) is 2. The lowest BCUT2D eigenvalue weighted by molar-refractivity contribution is -0.123. The van der Waals surface area contributed by atoms with Gasteiger partial charge in [0.25, 0.3) is 0 Å². The Hall–Kier alpha value is -1.63. The van der Waals surface area contributed by atoms with Gasteiger partial charge >= 0.3 is 0 Å². The highest BCUT2D eigenvalue weighted by atomic mass is 32.1. The van der Waals surface area contributed by atoms with Gasteiger partial charge in [0, 0.05) is 30.9 Å². The van der Waals surface area contributed by atoms with Gasteiger partial charge in [0.1, 0.15) is 5.01 Å². The molecule has 1 aromatic heterocycles. The number of carbonyl (C=O) groups is 1. The van der Waals surface area contributed by atoms with Crippen LogP contribution in [0.3, 0.4) is 0 Å². The van der Waals surface area contributed by atoms with Crippen LogP contribution in [0.1, 0.15) is 51.2 Å². The van der Waals surface area contributed by atoms with Gasteiger partial charge in [0.15, 0.2) is 5.96 Å². The minimum absolute atomic E-state index is 0.0111. The molecule has 0 atom stereocenters. The van der Waals surface area contributed by atoms with E-state index in [2.05, 4.69) is 45.2 Å². The van der Waals surface area contributed by atoms with E-state index in [0.29, 0.717) is 25.6 Å². The molecule has 130 valence electrons. The molecule has 0 aliphatic rings. The highest BCUT2D eigenvalue weighted by Gasteiger charge is 2.07. The lowest BCUT2D eigenvalue weighted by Crippen LogP contribution is -2.42. The summed E-state index contributed by atoms with van der Waals surface area (Å²) in [4.78, 5) is 20.6. The van der Waals surface area contributed by atoms with Crippen LogP contribution in [0.25, 0.3) is 0 Å². The molecule has 0 saturated heterocycles. The van der Waals surface area contributed by atoms with Crippen LogP contribution in [-0.4, -0.2) is 36.5 Å². The highest BCUT2D eigenvalue weighted by Crippen LogP contribution is 2.18. The van der Waals surface area contributed by atoms with E-state index in [1.165, 1.54) is 0 Å². The molecule has 0 aromatic carbocycles. The predicted octanol–water partition coefficient (Wildman–Crippen LogP) is 2.09. The minimum Gasteiger partial charge on any atom is -0.357 e. The molecule has 6 nitrogen and oxygen atoms in total. The van der Waals surface area contributed by atoms with Gasteiger partial charge in [-0.2, -0.15) is 0 Å². The summed E-state index contributed by atoms with van der Waals surface area (Å²) in [6, 6.07) is 0. The van der Waals surface area contributed by atoms with Crippen molar-refractivity contribution < 1.29 is 4.79 Å². The Morgan fingerprint density at radius 2 is 1.91 bits per heavy atom. The first-order valence-corrected chi connectivity index (χ1v) is 9.06. The standard InChI is InChI=1S/C16H29N5OS/c1-6-17-16(19-8-7-18-15(22)12(4)5)20-9-14-21-13(10-23-14)11(2)3/h10-12H,6-9H2,1-5H3,(H,18,22)(H2,17,19,20). The molecule has 1 aromatic rings. The molecule has 23 heavy (non-hydrogen) atoms. The second-order valence-electron chi connectivity index (χ2n) is 5.89. The summed E-state index contributed by atoms with van der Waals surface area (Å²) < 4.78 is 0. The first kappa shape index (κ1) is 19.4. The SMILES string of the molecule is CCNC(=NCc1nc(C(C)C)cs1)NCCNC(=O)C(C)C. The normalized spacial score (nSPS) is 11.9. The number of thiazole rings is 1. The molecule has 0 spiro atoms. The van der Waals surface area contributed by atoms with Crippen molar-refractivity contribution in [3.63, 3.8) is 0 Å². The summed E-state index contributed by atoms with van der Waals surface area (Å²) in [7, 11) is 0. The Bertz CT molecular complexity index is 510. The van der Waals surface area contributed by atoms with Crippen molar-refractivity contribution in [3.8, 4) is 0 Å². The van der Waals surface area contributed by atoms with Crippen molar-refractivity contribution in [2.45, 2.75) is 47.1 Å². The Morgan fingerprint density at radius 3 is 2.48 bits per heavy atom. The Balaban J connectivity index is 2.44. The third kappa shape index (κ3) is 7.45. The molecule has 7 heteroatoms. The predicted molar refractivity (Wildman–Crippen MR) is 96.9 cm³/mol. The number of carbonyl (C=O) groups excluding carboxylic acids is 1. The maximum atomic E-state index is 11.5. The van der Waals surface area contributed by atoms with Crippen LogP contribution in [0, 0.1) is 5.92 Å². The Labute approximate surface area is 143 Å². The number of aromatic nitrogens is 1. The summed E-state index contributed by atoms with van der Waals surface area (Å²) in [5.74, 6) is 1.27. The van der Waals surface area contributed by atoms with E-state index >= 15 is 0 Å². The number of aliphatic imine (C=N–C) groups is 1. The fraction of sp³-hybridized carbons (Fsp3) is 0.688. The van der Waals surface area contributed by atoms with Gasteiger partial charge in [0.05, 0.1) is 12.2 Å². The Morgan fingerprint density at radius 1 is 1.22 bits per heavy atom. The van der Waals surface area contributed by atoms with E-state index in [-0.39, 0.29) is 11.8 Å². The lowest BCUT2D eigenvalue weighted by atomic mass is 10.2. The number of hydrogen-bond acceptors (Lipinski definition) is 4. The average molecular weight is 340 g/mol. The van der Waals surface area contributed by atoms with Crippen LogP contribution >= 0.6 is 11.3 Å². The highest BCUT2D eigenvalue weighted by molar-refractivity contribution is 7.09. The molecular weight excluding hydrogens is 310 g/mol. The van der Waals surface area contributed by atoms with Crippen LogP contribution in [0.2, 0.25) is 0 Å². The van der Waals surface area contributed by atoms with Crippen LogP contribution < -0.4 is 16.0 Å². The third-order valence-corrected chi connectivity index (χ3v) is 3.97. The van der Waals surface area contributed by atoms with Crippen LogP contribution in [0.15, 0.2) is 10.4 Å². The van der Waals surface area contributed by atoms with Gasteiger partial charge < -0.3 is 16.0 Å². The van der Waals surface area contributed by atoms with Gasteiger partial charge in [-0.15, -0.1) is 11.3 Å². The molecule has 0 fully saturated rings. The number of amides is 1. The molecule has 0 radical (unpaired) electrons. The molecule has 1 heterocycles. The van der Waals surface area contributed by atoms with E-state index in [9.17, 15) is 4.79 Å². The maximum absolute atomic E-state index is 11.5. The molecule has 1 rings (SSSR count). The summed E-state index contributed by atoms with van der Waals surface area (Å²) in [5, 5.41) is 12.4. The van der Waals surface area contributed by atoms with Gasteiger partial charge in [-0.05, 0) is 12.8 Å². The first-order chi connectivity index (χ1) is 10.9. The maximum Gasteiger partial charge on any atom is 0.222 e. The first-order valence-electron chi connectivity index (χ1n) is 8.18. The molecule has 0 aliphatic carbocycles. The van der Waals surface area contributed by atoms with Crippen LogP contribution in [-0.2, 0) is 11.3 Å². The van der Waals surface area contributed by atoms with Crippen LogP contribution in [0.5, 0.6) is 0 Å². The monoisotopic (exact) mass is 339 g/mol. The fourth-order valence-electron chi connectivity index (χ4n) is 1.72. The molecule has 0 bridgehead atoms. The van der Waals surface area contributed by atoms with Crippen molar-refractivity contribution in [2.75, 3.05) is 19.6 Å². The van der Waals surface area contributed by atoms with E-state index in [0.717, 1.165) is 23.2 Å². The number of rotatable bonds is 8. The molecule has 0 saturated carbocycles. The lowest BCUT2D eigenvalue weighted by Gasteiger charge is -2.12. The van der Waals surface area contributed by atoms with Crippen molar-refractivity contribution in [3.05, 3.63) is 16.1 Å².